The number of hydrogen-bond acceptors (Lipinski definition) is 3. The SMILES string of the molecule is CCCCCCCOC(=O)C(C)NCl. The van der Waals surface area contributed by atoms with E-state index in [9.17, 15) is 4.79 Å². The van der Waals surface area contributed by atoms with Crippen LogP contribution in [-0.2, 0) is 9.53 Å². The van der Waals surface area contributed by atoms with Gasteiger partial charge in [-0.1, -0.05) is 32.6 Å². The number of hydrogen-bond donors (Lipinski definition) is 1. The molecule has 1 unspecified atom stereocenters. The lowest BCUT2D eigenvalue weighted by atomic mass is 10.2. The molecule has 0 radical (unpaired) electrons. The number of ether oxygens (including phenoxy) is 1. The maximum absolute atomic E-state index is 11.1. The largest absolute Gasteiger partial charge is 0.465 e. The minimum absolute atomic E-state index is 0.282. The predicted octanol–water partition coefficient (Wildman–Crippen LogP) is 2.63. The van der Waals surface area contributed by atoms with E-state index in [1.54, 1.807) is 6.92 Å². The number of halogens is 1. The fourth-order valence-corrected chi connectivity index (χ4v) is 1.14. The lowest BCUT2D eigenvalue weighted by Gasteiger charge is -2.08. The van der Waals surface area contributed by atoms with Crippen LogP contribution in [0.15, 0.2) is 0 Å². The molecule has 0 aliphatic carbocycles. The van der Waals surface area contributed by atoms with Crippen LogP contribution in [0.25, 0.3) is 0 Å². The maximum Gasteiger partial charge on any atom is 0.324 e. The molecule has 0 saturated carbocycles. The van der Waals surface area contributed by atoms with E-state index >= 15 is 0 Å². The molecule has 0 fully saturated rings. The van der Waals surface area contributed by atoms with Crippen molar-refractivity contribution in [1.82, 2.24) is 4.84 Å². The first kappa shape index (κ1) is 13.7. The number of esters is 1. The van der Waals surface area contributed by atoms with Gasteiger partial charge in [-0.3, -0.25) is 4.79 Å². The molecule has 0 saturated heterocycles. The van der Waals surface area contributed by atoms with Gasteiger partial charge in [0.15, 0.2) is 0 Å². The van der Waals surface area contributed by atoms with Crippen LogP contribution >= 0.6 is 11.8 Å². The Balaban J connectivity index is 3.23. The van der Waals surface area contributed by atoms with Crippen molar-refractivity contribution >= 4 is 17.7 Å². The van der Waals surface area contributed by atoms with Gasteiger partial charge in [-0.25, -0.2) is 4.84 Å². The molecule has 84 valence electrons. The molecule has 0 aromatic heterocycles. The van der Waals surface area contributed by atoms with Gasteiger partial charge >= 0.3 is 5.97 Å². The van der Waals surface area contributed by atoms with Crippen LogP contribution in [0.3, 0.4) is 0 Å². The molecule has 0 heterocycles. The normalized spacial score (nSPS) is 12.5. The summed E-state index contributed by atoms with van der Waals surface area (Å²) in [6, 6.07) is -0.424. The number of carbonyl (C=O) groups excluding carboxylic acids is 1. The highest BCUT2D eigenvalue weighted by Gasteiger charge is 2.11. The minimum atomic E-state index is -0.424. The van der Waals surface area contributed by atoms with Gasteiger partial charge in [0, 0.05) is 0 Å². The zero-order valence-electron chi connectivity index (χ0n) is 9.01. The summed E-state index contributed by atoms with van der Waals surface area (Å²) in [4.78, 5) is 13.4. The Morgan fingerprint density at radius 1 is 1.36 bits per heavy atom. The zero-order chi connectivity index (χ0) is 10.8. The molecule has 3 nitrogen and oxygen atoms in total. The van der Waals surface area contributed by atoms with Crippen molar-refractivity contribution in [3.05, 3.63) is 0 Å². The van der Waals surface area contributed by atoms with E-state index in [0.29, 0.717) is 6.61 Å². The third-order valence-corrected chi connectivity index (χ3v) is 2.34. The van der Waals surface area contributed by atoms with Gasteiger partial charge in [0.1, 0.15) is 6.04 Å². The monoisotopic (exact) mass is 221 g/mol. The third-order valence-electron chi connectivity index (χ3n) is 2.01. The van der Waals surface area contributed by atoms with Gasteiger partial charge in [-0.15, -0.1) is 0 Å². The summed E-state index contributed by atoms with van der Waals surface area (Å²) in [6.45, 7) is 4.35. The highest BCUT2D eigenvalue weighted by molar-refractivity contribution is 6.14. The smallest absolute Gasteiger partial charge is 0.324 e. The molecule has 0 aromatic carbocycles. The summed E-state index contributed by atoms with van der Waals surface area (Å²) in [5.41, 5.74) is 0. The third kappa shape index (κ3) is 7.15. The van der Waals surface area contributed by atoms with Gasteiger partial charge < -0.3 is 4.74 Å². The molecular formula is C10H20ClNO2. The maximum atomic E-state index is 11.1. The molecular weight excluding hydrogens is 202 g/mol. The number of unbranched alkanes of at least 4 members (excludes halogenated alkanes) is 4. The predicted molar refractivity (Wildman–Crippen MR) is 58.2 cm³/mol. The first-order valence-corrected chi connectivity index (χ1v) is 5.63. The second-order valence-corrected chi connectivity index (χ2v) is 3.63. The summed E-state index contributed by atoms with van der Waals surface area (Å²) in [6.07, 6.45) is 5.78. The van der Waals surface area contributed by atoms with E-state index in [4.69, 9.17) is 16.5 Å². The number of carbonyl (C=O) groups is 1. The minimum Gasteiger partial charge on any atom is -0.465 e. The lowest BCUT2D eigenvalue weighted by molar-refractivity contribution is -0.145. The lowest BCUT2D eigenvalue weighted by Crippen LogP contribution is -2.29. The standard InChI is InChI=1S/C10H20ClNO2/c1-3-4-5-6-7-8-14-10(13)9(2)12-11/h9,12H,3-8H2,1-2H3. The molecule has 0 rings (SSSR count). The first-order chi connectivity index (χ1) is 6.72. The van der Waals surface area contributed by atoms with Crippen molar-refractivity contribution in [2.75, 3.05) is 6.61 Å². The first-order valence-electron chi connectivity index (χ1n) is 5.25. The highest BCUT2D eigenvalue weighted by Crippen LogP contribution is 2.02. The van der Waals surface area contributed by atoms with E-state index in [-0.39, 0.29) is 5.97 Å². The fourth-order valence-electron chi connectivity index (χ4n) is 1.05. The van der Waals surface area contributed by atoms with Crippen molar-refractivity contribution in [1.29, 1.82) is 0 Å². The van der Waals surface area contributed by atoms with E-state index in [1.165, 1.54) is 19.3 Å². The van der Waals surface area contributed by atoms with E-state index < -0.39 is 6.04 Å². The molecule has 0 aliphatic rings. The van der Waals surface area contributed by atoms with Crippen molar-refractivity contribution in [2.45, 2.75) is 52.0 Å². The van der Waals surface area contributed by atoms with Gasteiger partial charge in [-0.2, -0.15) is 0 Å². The summed E-state index contributed by atoms with van der Waals surface area (Å²) in [5, 5.41) is 0. The molecule has 1 N–H and O–H groups in total. The van der Waals surface area contributed by atoms with Crippen molar-refractivity contribution < 1.29 is 9.53 Å². The molecule has 4 heteroatoms. The van der Waals surface area contributed by atoms with Crippen LogP contribution in [0.1, 0.15) is 46.0 Å². The van der Waals surface area contributed by atoms with Crippen LogP contribution in [0.2, 0.25) is 0 Å². The summed E-state index contributed by atoms with van der Waals surface area (Å²) < 4.78 is 4.99. The van der Waals surface area contributed by atoms with Crippen LogP contribution in [-0.4, -0.2) is 18.6 Å². The quantitative estimate of drug-likeness (QED) is 0.389. The Labute approximate surface area is 91.3 Å². The highest BCUT2D eigenvalue weighted by atomic mass is 35.5. The van der Waals surface area contributed by atoms with Crippen LogP contribution in [0.4, 0.5) is 0 Å². The Morgan fingerprint density at radius 2 is 2.00 bits per heavy atom. The summed E-state index contributed by atoms with van der Waals surface area (Å²) >= 11 is 5.28. The Bertz CT molecular complexity index is 153. The molecule has 0 spiro atoms. The number of rotatable bonds is 8. The van der Waals surface area contributed by atoms with Gasteiger partial charge in [0.2, 0.25) is 0 Å². The van der Waals surface area contributed by atoms with Gasteiger partial charge in [0.25, 0.3) is 0 Å². The van der Waals surface area contributed by atoms with Gasteiger partial charge in [0.05, 0.1) is 6.61 Å². The van der Waals surface area contributed by atoms with Crippen molar-refractivity contribution in [3.63, 3.8) is 0 Å². The Morgan fingerprint density at radius 3 is 2.57 bits per heavy atom. The average Bonchev–Trinajstić information content (AvgIpc) is 2.21. The van der Waals surface area contributed by atoms with Gasteiger partial charge in [-0.05, 0) is 25.1 Å². The molecule has 0 aromatic rings. The summed E-state index contributed by atoms with van der Waals surface area (Å²) in [5.74, 6) is -0.282. The zero-order valence-corrected chi connectivity index (χ0v) is 9.77. The molecule has 1 atom stereocenters. The molecule has 0 amide bonds. The van der Waals surface area contributed by atoms with E-state index in [2.05, 4.69) is 11.8 Å². The van der Waals surface area contributed by atoms with Crippen molar-refractivity contribution in [3.8, 4) is 0 Å². The summed E-state index contributed by atoms with van der Waals surface area (Å²) in [7, 11) is 0. The number of nitrogens with one attached hydrogen (secondary N) is 1. The molecule has 14 heavy (non-hydrogen) atoms. The fraction of sp³-hybridized carbons (Fsp3) is 0.900. The van der Waals surface area contributed by atoms with Crippen LogP contribution in [0, 0.1) is 0 Å². The molecule has 0 aliphatic heterocycles. The van der Waals surface area contributed by atoms with Crippen LogP contribution in [0.5, 0.6) is 0 Å². The molecule has 0 bridgehead atoms. The second kappa shape index (κ2) is 9.28. The topological polar surface area (TPSA) is 38.3 Å². The van der Waals surface area contributed by atoms with Crippen molar-refractivity contribution in [2.24, 2.45) is 0 Å². The average molecular weight is 222 g/mol. The Kier molecular flexibility index (Phi) is 9.10. The van der Waals surface area contributed by atoms with E-state index in [0.717, 1.165) is 12.8 Å². The van der Waals surface area contributed by atoms with Crippen LogP contribution < -0.4 is 4.84 Å². The second-order valence-electron chi connectivity index (χ2n) is 3.41. The Hall–Kier alpha value is -0.280. The van der Waals surface area contributed by atoms with E-state index in [1.807, 2.05) is 0 Å².